The molecule has 1 saturated heterocycles. The first-order valence-electron chi connectivity index (χ1n) is 10.9. The average molecular weight is 369 g/mol. The number of likely N-dealkylation sites (tertiary alicyclic amines) is 1. The Balaban J connectivity index is 1.34. The van der Waals surface area contributed by atoms with Crippen molar-refractivity contribution in [2.45, 2.75) is 63.5 Å². The molecule has 0 radical (unpaired) electrons. The van der Waals surface area contributed by atoms with Gasteiger partial charge >= 0.3 is 0 Å². The van der Waals surface area contributed by atoms with Gasteiger partial charge < -0.3 is 19.3 Å². The Labute approximate surface area is 163 Å². The first-order valence-corrected chi connectivity index (χ1v) is 10.9. The van der Waals surface area contributed by atoms with E-state index in [2.05, 4.69) is 28.0 Å². The third-order valence-corrected chi connectivity index (χ3v) is 6.65. The Hall–Kier alpha value is -1.68. The highest BCUT2D eigenvalue weighted by Crippen LogP contribution is 2.48. The van der Waals surface area contributed by atoms with E-state index in [1.165, 1.54) is 69.3 Å². The van der Waals surface area contributed by atoms with Crippen LogP contribution in [0.5, 0.6) is 11.5 Å². The van der Waals surface area contributed by atoms with Gasteiger partial charge in [0.15, 0.2) is 11.5 Å². The zero-order chi connectivity index (χ0) is 18.2. The summed E-state index contributed by atoms with van der Waals surface area (Å²) in [6, 6.07) is 5.81. The Kier molecular flexibility index (Phi) is 4.76. The first-order chi connectivity index (χ1) is 13.3. The predicted molar refractivity (Wildman–Crippen MR) is 110 cm³/mol. The fourth-order valence-electron chi connectivity index (χ4n) is 5.16. The molecule has 3 fully saturated rings. The monoisotopic (exact) mass is 368 g/mol. The highest BCUT2D eigenvalue weighted by molar-refractivity contribution is 5.79. The van der Waals surface area contributed by atoms with Crippen molar-refractivity contribution < 1.29 is 9.47 Å². The largest absolute Gasteiger partial charge is 0.493 e. The molecule has 0 bridgehead atoms. The molecule has 1 aromatic rings. The fraction of sp³-hybridized carbons (Fsp3) is 0.652. The average Bonchev–Trinajstić information content (AvgIpc) is 3.18. The molecule has 0 amide bonds. The van der Waals surface area contributed by atoms with Crippen molar-refractivity contribution >= 4 is 11.8 Å². The fourth-order valence-corrected chi connectivity index (χ4v) is 5.16. The lowest BCUT2D eigenvalue weighted by atomic mass is 9.96. The standard InChI is InChI=1S/C23H32N2O2/c1-26-22-15-18-14-17-6-4-7-20(17)25(19-8-9-19)21(18)16-23(22)27-13-5-12-24-10-2-3-11-24/h14-16,19-20H,2-13H2,1H3. The number of ether oxygens (including phenoxy) is 2. The highest BCUT2D eigenvalue weighted by Gasteiger charge is 2.40. The van der Waals surface area contributed by atoms with Gasteiger partial charge in [0.1, 0.15) is 0 Å². The van der Waals surface area contributed by atoms with Crippen molar-refractivity contribution in [3.8, 4) is 11.5 Å². The molecule has 27 heavy (non-hydrogen) atoms. The highest BCUT2D eigenvalue weighted by atomic mass is 16.5. The number of rotatable bonds is 7. The van der Waals surface area contributed by atoms with Crippen LogP contribution in [0.4, 0.5) is 5.69 Å². The second kappa shape index (κ2) is 7.38. The molecule has 2 aliphatic heterocycles. The van der Waals surface area contributed by atoms with Gasteiger partial charge in [0, 0.05) is 29.9 Å². The second-order valence-electron chi connectivity index (χ2n) is 8.58. The molecule has 2 heterocycles. The van der Waals surface area contributed by atoms with Crippen LogP contribution in [0.3, 0.4) is 0 Å². The smallest absolute Gasteiger partial charge is 0.163 e. The van der Waals surface area contributed by atoms with E-state index >= 15 is 0 Å². The van der Waals surface area contributed by atoms with Crippen LogP contribution in [0.25, 0.3) is 6.08 Å². The molecule has 146 valence electrons. The van der Waals surface area contributed by atoms with Crippen molar-refractivity contribution in [3.05, 3.63) is 23.3 Å². The maximum absolute atomic E-state index is 6.21. The summed E-state index contributed by atoms with van der Waals surface area (Å²) in [5, 5.41) is 0. The number of benzene rings is 1. The Morgan fingerprint density at radius 1 is 1.04 bits per heavy atom. The lowest BCUT2D eigenvalue weighted by Gasteiger charge is -2.37. The van der Waals surface area contributed by atoms with E-state index in [0.717, 1.165) is 37.1 Å². The Morgan fingerprint density at radius 3 is 2.67 bits per heavy atom. The molecule has 0 spiro atoms. The molecule has 4 nitrogen and oxygen atoms in total. The maximum Gasteiger partial charge on any atom is 0.163 e. The van der Waals surface area contributed by atoms with Crippen molar-refractivity contribution in [2.75, 3.05) is 38.3 Å². The number of anilines is 1. The number of methoxy groups -OCH3 is 1. The minimum absolute atomic E-state index is 0.626. The van der Waals surface area contributed by atoms with Crippen LogP contribution in [0.2, 0.25) is 0 Å². The Morgan fingerprint density at radius 2 is 1.89 bits per heavy atom. The lowest BCUT2D eigenvalue weighted by Crippen LogP contribution is -2.38. The van der Waals surface area contributed by atoms with Gasteiger partial charge in [-0.15, -0.1) is 0 Å². The van der Waals surface area contributed by atoms with Gasteiger partial charge in [0.05, 0.1) is 19.8 Å². The van der Waals surface area contributed by atoms with E-state index in [1.807, 2.05) is 0 Å². The maximum atomic E-state index is 6.21. The molecule has 2 saturated carbocycles. The number of fused-ring (bicyclic) bond motifs is 2. The molecule has 1 atom stereocenters. The van der Waals surface area contributed by atoms with Gasteiger partial charge in [-0.05, 0) is 76.1 Å². The third-order valence-electron chi connectivity index (χ3n) is 6.65. The molecule has 0 N–H and O–H groups in total. The van der Waals surface area contributed by atoms with Crippen LogP contribution < -0.4 is 14.4 Å². The molecule has 2 aliphatic carbocycles. The van der Waals surface area contributed by atoms with E-state index in [4.69, 9.17) is 9.47 Å². The molecule has 1 aromatic carbocycles. The molecular weight excluding hydrogens is 336 g/mol. The summed E-state index contributed by atoms with van der Waals surface area (Å²) in [4.78, 5) is 5.25. The zero-order valence-electron chi connectivity index (χ0n) is 16.6. The molecule has 0 aromatic heterocycles. The van der Waals surface area contributed by atoms with E-state index in [0.29, 0.717) is 6.04 Å². The second-order valence-corrected chi connectivity index (χ2v) is 8.58. The zero-order valence-corrected chi connectivity index (χ0v) is 16.6. The van der Waals surface area contributed by atoms with Crippen molar-refractivity contribution in [1.82, 2.24) is 4.90 Å². The summed E-state index contributed by atoms with van der Waals surface area (Å²) in [6.07, 6.45) is 12.8. The van der Waals surface area contributed by atoms with Gasteiger partial charge in [-0.25, -0.2) is 0 Å². The number of nitrogens with zero attached hydrogens (tertiary/aromatic N) is 2. The van der Waals surface area contributed by atoms with Crippen LogP contribution in [-0.2, 0) is 0 Å². The van der Waals surface area contributed by atoms with E-state index in [1.54, 1.807) is 12.7 Å². The van der Waals surface area contributed by atoms with E-state index in [-0.39, 0.29) is 0 Å². The molecule has 5 rings (SSSR count). The van der Waals surface area contributed by atoms with Gasteiger partial charge in [-0.3, -0.25) is 0 Å². The number of hydrogen-bond donors (Lipinski definition) is 0. The summed E-state index contributed by atoms with van der Waals surface area (Å²) >= 11 is 0. The van der Waals surface area contributed by atoms with Crippen molar-refractivity contribution in [1.29, 1.82) is 0 Å². The normalized spacial score (nSPS) is 24.6. The van der Waals surface area contributed by atoms with Crippen LogP contribution in [0.15, 0.2) is 17.7 Å². The lowest BCUT2D eigenvalue weighted by molar-refractivity contribution is 0.254. The van der Waals surface area contributed by atoms with E-state index in [9.17, 15) is 0 Å². The topological polar surface area (TPSA) is 24.9 Å². The van der Waals surface area contributed by atoms with Crippen LogP contribution >= 0.6 is 0 Å². The van der Waals surface area contributed by atoms with Gasteiger partial charge in [-0.1, -0.05) is 6.08 Å². The molecule has 4 aliphatic rings. The summed E-state index contributed by atoms with van der Waals surface area (Å²) in [5.74, 6) is 1.79. The molecule has 1 unspecified atom stereocenters. The predicted octanol–water partition coefficient (Wildman–Crippen LogP) is 4.48. The SMILES string of the molecule is COc1cc2c(cc1OCCCN1CCCC1)N(C1CC1)C1CCCC1=C2. The summed E-state index contributed by atoms with van der Waals surface area (Å²) < 4.78 is 11.9. The third kappa shape index (κ3) is 3.44. The Bertz CT molecular complexity index is 719. The minimum atomic E-state index is 0.626. The van der Waals surface area contributed by atoms with Crippen molar-refractivity contribution in [2.24, 2.45) is 0 Å². The first kappa shape index (κ1) is 17.4. The van der Waals surface area contributed by atoms with Crippen LogP contribution in [-0.4, -0.2) is 50.3 Å². The summed E-state index contributed by atoms with van der Waals surface area (Å²) in [7, 11) is 1.76. The van der Waals surface area contributed by atoms with Gasteiger partial charge in [0.2, 0.25) is 0 Å². The van der Waals surface area contributed by atoms with Gasteiger partial charge in [-0.2, -0.15) is 0 Å². The van der Waals surface area contributed by atoms with Crippen LogP contribution in [0, 0.1) is 0 Å². The summed E-state index contributed by atoms with van der Waals surface area (Å²) in [5.41, 5.74) is 4.30. The van der Waals surface area contributed by atoms with Gasteiger partial charge in [0.25, 0.3) is 0 Å². The van der Waals surface area contributed by atoms with E-state index < -0.39 is 0 Å². The van der Waals surface area contributed by atoms with Crippen LogP contribution in [0.1, 0.15) is 56.9 Å². The minimum Gasteiger partial charge on any atom is -0.493 e. The molecule has 4 heteroatoms. The van der Waals surface area contributed by atoms with Crippen molar-refractivity contribution in [3.63, 3.8) is 0 Å². The number of hydrogen-bond acceptors (Lipinski definition) is 4. The molecular formula is C23H32N2O2. The summed E-state index contributed by atoms with van der Waals surface area (Å²) in [6.45, 7) is 4.43. The quantitative estimate of drug-likeness (QED) is 0.663.